The molecule has 0 aliphatic heterocycles. The second-order valence-electron chi connectivity index (χ2n) is 23.1. The van der Waals surface area contributed by atoms with Gasteiger partial charge >= 0.3 is 17.9 Å². The average molecular weight is 1080 g/mol. The summed E-state index contributed by atoms with van der Waals surface area (Å²) in [6, 6.07) is 0. The van der Waals surface area contributed by atoms with Gasteiger partial charge in [-0.1, -0.05) is 320 Å². The highest BCUT2D eigenvalue weighted by molar-refractivity contribution is 5.71. The lowest BCUT2D eigenvalue weighted by molar-refractivity contribution is -0.167. The van der Waals surface area contributed by atoms with Gasteiger partial charge in [0.15, 0.2) is 6.10 Å². The topological polar surface area (TPSA) is 78.9 Å². The Bertz CT molecular complexity index is 1330. The van der Waals surface area contributed by atoms with Crippen LogP contribution in [0.4, 0.5) is 0 Å². The molecule has 0 aromatic heterocycles. The van der Waals surface area contributed by atoms with Crippen molar-refractivity contribution in [3.05, 3.63) is 48.6 Å². The number of allylic oxidation sites excluding steroid dienone is 8. The number of esters is 3. The molecule has 0 bridgehead atoms. The highest BCUT2D eigenvalue weighted by atomic mass is 16.6. The number of carbonyl (C=O) groups is 3. The fourth-order valence-electron chi connectivity index (χ4n) is 10.2. The van der Waals surface area contributed by atoms with Crippen LogP contribution in [0.15, 0.2) is 48.6 Å². The summed E-state index contributed by atoms with van der Waals surface area (Å²) in [5, 5.41) is 0. The number of hydrogen-bond acceptors (Lipinski definition) is 6. The van der Waals surface area contributed by atoms with E-state index < -0.39 is 6.10 Å². The van der Waals surface area contributed by atoms with Crippen molar-refractivity contribution < 1.29 is 28.6 Å². The first-order chi connectivity index (χ1) is 38.0. The Kier molecular flexibility index (Phi) is 63.6. The van der Waals surface area contributed by atoms with Gasteiger partial charge < -0.3 is 14.2 Å². The Morgan fingerprint density at radius 2 is 0.506 bits per heavy atom. The molecule has 0 amide bonds. The molecule has 0 spiro atoms. The van der Waals surface area contributed by atoms with Crippen molar-refractivity contribution in [3.8, 4) is 0 Å². The number of unbranched alkanes of at least 4 members (excludes halogenated alkanes) is 44. The molecule has 0 radical (unpaired) electrons. The Morgan fingerprint density at radius 3 is 0.805 bits per heavy atom. The molecule has 0 aromatic carbocycles. The lowest BCUT2D eigenvalue weighted by Gasteiger charge is -2.18. The Balaban J connectivity index is 4.26. The molecule has 0 saturated carbocycles. The van der Waals surface area contributed by atoms with E-state index in [0.29, 0.717) is 19.3 Å². The summed E-state index contributed by atoms with van der Waals surface area (Å²) in [7, 11) is 0. The van der Waals surface area contributed by atoms with Gasteiger partial charge in [0.25, 0.3) is 0 Å². The van der Waals surface area contributed by atoms with Crippen LogP contribution in [0.25, 0.3) is 0 Å². The van der Waals surface area contributed by atoms with Crippen LogP contribution in [-0.4, -0.2) is 37.2 Å². The Hall–Kier alpha value is -2.63. The van der Waals surface area contributed by atoms with Gasteiger partial charge in [-0.15, -0.1) is 0 Å². The van der Waals surface area contributed by atoms with Crippen LogP contribution in [0.2, 0.25) is 0 Å². The molecule has 6 nitrogen and oxygen atoms in total. The first kappa shape index (κ1) is 74.4. The smallest absolute Gasteiger partial charge is 0.306 e. The van der Waals surface area contributed by atoms with E-state index in [1.165, 1.54) is 238 Å². The van der Waals surface area contributed by atoms with Crippen molar-refractivity contribution in [2.75, 3.05) is 13.2 Å². The van der Waals surface area contributed by atoms with Crippen molar-refractivity contribution in [2.45, 2.75) is 374 Å². The standard InChI is InChI=1S/C71H130O6/c1-4-7-10-13-16-19-22-25-28-31-32-33-34-35-36-37-38-39-41-43-46-49-52-55-58-61-64-70(73)76-67-68(66-75-69(72)63-60-57-54-51-48-45-42-30-27-24-21-18-15-12-9-6-3)77-71(74)65-62-59-56-53-50-47-44-40-29-26-23-20-17-14-11-8-5-2/h8,11,17,20,26,29-30,42,68H,4-7,9-10,12-16,18-19,21-25,27-28,31-41,43-67H2,1-3H3/b11-8-,20-17-,29-26-,42-30-. The number of hydrogen-bond donors (Lipinski definition) is 0. The minimum atomic E-state index is -0.781. The van der Waals surface area contributed by atoms with Crippen molar-refractivity contribution in [1.29, 1.82) is 0 Å². The summed E-state index contributed by atoms with van der Waals surface area (Å²) >= 11 is 0. The lowest BCUT2D eigenvalue weighted by atomic mass is 10.0. The SMILES string of the molecule is CC/C=C\C/C=C\C/C=C\CCCCCCCCCC(=O)OC(COC(=O)CCCCCCC/C=C\CCCCCCCCC)COC(=O)CCCCCCCCCCCCCCCCCCCCCCCCCCCC. The van der Waals surface area contributed by atoms with Crippen molar-refractivity contribution >= 4 is 17.9 Å². The average Bonchev–Trinajstić information content (AvgIpc) is 3.43. The molecule has 0 heterocycles. The van der Waals surface area contributed by atoms with Gasteiger partial charge in [-0.3, -0.25) is 14.4 Å². The summed E-state index contributed by atoms with van der Waals surface area (Å²) in [4.78, 5) is 38.4. The zero-order chi connectivity index (χ0) is 55.7. The molecule has 0 saturated heterocycles. The molecular formula is C71H130O6. The van der Waals surface area contributed by atoms with Gasteiger partial charge in [0.2, 0.25) is 0 Å². The molecule has 0 aliphatic rings. The Labute approximate surface area is 479 Å². The quantitative estimate of drug-likeness (QED) is 0.0261. The molecule has 0 aliphatic carbocycles. The first-order valence-electron chi connectivity index (χ1n) is 34.1. The molecule has 0 fully saturated rings. The summed E-state index contributed by atoms with van der Waals surface area (Å²) < 4.78 is 17.0. The summed E-state index contributed by atoms with van der Waals surface area (Å²) in [6.45, 7) is 6.58. The molecule has 1 atom stereocenters. The second-order valence-corrected chi connectivity index (χ2v) is 23.1. The minimum Gasteiger partial charge on any atom is -0.462 e. The van der Waals surface area contributed by atoms with Crippen molar-refractivity contribution in [2.24, 2.45) is 0 Å². The van der Waals surface area contributed by atoms with Crippen LogP contribution in [0.5, 0.6) is 0 Å². The molecule has 77 heavy (non-hydrogen) atoms. The van der Waals surface area contributed by atoms with Gasteiger partial charge in [0.05, 0.1) is 0 Å². The molecule has 0 rings (SSSR count). The molecule has 0 N–H and O–H groups in total. The van der Waals surface area contributed by atoms with Crippen LogP contribution >= 0.6 is 0 Å². The van der Waals surface area contributed by atoms with Crippen LogP contribution < -0.4 is 0 Å². The van der Waals surface area contributed by atoms with E-state index in [-0.39, 0.29) is 31.1 Å². The van der Waals surface area contributed by atoms with Crippen molar-refractivity contribution in [1.82, 2.24) is 0 Å². The van der Waals surface area contributed by atoms with Gasteiger partial charge in [-0.2, -0.15) is 0 Å². The zero-order valence-electron chi connectivity index (χ0n) is 51.7. The van der Waals surface area contributed by atoms with E-state index in [1.54, 1.807) is 0 Å². The normalized spacial score (nSPS) is 12.3. The highest BCUT2D eigenvalue weighted by Crippen LogP contribution is 2.18. The maximum Gasteiger partial charge on any atom is 0.306 e. The molecule has 0 aromatic rings. The highest BCUT2D eigenvalue weighted by Gasteiger charge is 2.19. The molecule has 450 valence electrons. The zero-order valence-corrected chi connectivity index (χ0v) is 51.7. The van der Waals surface area contributed by atoms with E-state index in [0.717, 1.165) is 89.9 Å². The second kappa shape index (κ2) is 65.9. The van der Waals surface area contributed by atoms with Gasteiger partial charge in [0, 0.05) is 19.3 Å². The summed E-state index contributed by atoms with van der Waals surface area (Å²) in [5.41, 5.74) is 0. The lowest BCUT2D eigenvalue weighted by Crippen LogP contribution is -2.30. The van der Waals surface area contributed by atoms with E-state index in [4.69, 9.17) is 14.2 Å². The van der Waals surface area contributed by atoms with Crippen LogP contribution in [0, 0.1) is 0 Å². The van der Waals surface area contributed by atoms with E-state index in [1.807, 2.05) is 0 Å². The summed E-state index contributed by atoms with van der Waals surface area (Å²) in [6.07, 6.45) is 82.8. The van der Waals surface area contributed by atoms with Crippen LogP contribution in [0.1, 0.15) is 367 Å². The fraction of sp³-hybridized carbons (Fsp3) is 0.845. The third kappa shape index (κ3) is 64.1. The third-order valence-electron chi connectivity index (χ3n) is 15.3. The number of rotatable bonds is 63. The predicted octanol–water partition coefficient (Wildman–Crippen LogP) is 23.3. The molecule has 1 unspecified atom stereocenters. The molecule has 6 heteroatoms. The number of carbonyl (C=O) groups excluding carboxylic acids is 3. The largest absolute Gasteiger partial charge is 0.462 e. The third-order valence-corrected chi connectivity index (χ3v) is 15.3. The maximum atomic E-state index is 12.9. The van der Waals surface area contributed by atoms with Gasteiger partial charge in [-0.05, 0) is 77.0 Å². The van der Waals surface area contributed by atoms with E-state index >= 15 is 0 Å². The predicted molar refractivity (Wildman–Crippen MR) is 335 cm³/mol. The van der Waals surface area contributed by atoms with E-state index in [2.05, 4.69) is 69.4 Å². The van der Waals surface area contributed by atoms with Crippen LogP contribution in [0.3, 0.4) is 0 Å². The summed E-state index contributed by atoms with van der Waals surface area (Å²) in [5.74, 6) is -0.871. The first-order valence-corrected chi connectivity index (χ1v) is 34.1. The maximum absolute atomic E-state index is 12.9. The fourth-order valence-corrected chi connectivity index (χ4v) is 10.2. The number of ether oxygens (including phenoxy) is 3. The Morgan fingerprint density at radius 1 is 0.273 bits per heavy atom. The minimum absolute atomic E-state index is 0.0760. The molecular weight excluding hydrogens is 949 g/mol. The van der Waals surface area contributed by atoms with Gasteiger partial charge in [0.1, 0.15) is 13.2 Å². The van der Waals surface area contributed by atoms with Crippen molar-refractivity contribution in [3.63, 3.8) is 0 Å². The monoisotopic (exact) mass is 1080 g/mol. The van der Waals surface area contributed by atoms with Crippen LogP contribution in [-0.2, 0) is 28.6 Å². The van der Waals surface area contributed by atoms with Gasteiger partial charge in [-0.25, -0.2) is 0 Å². The van der Waals surface area contributed by atoms with E-state index in [9.17, 15) is 14.4 Å².